The van der Waals surface area contributed by atoms with E-state index in [1.54, 1.807) is 11.1 Å². The summed E-state index contributed by atoms with van der Waals surface area (Å²) in [6.45, 7) is 0. The van der Waals surface area contributed by atoms with Gasteiger partial charge in [-0.3, -0.25) is 0 Å². The minimum atomic E-state index is 0.0945. The number of fused-ring (bicyclic) bond motifs is 7. The van der Waals surface area contributed by atoms with E-state index in [9.17, 15) is 0 Å². The maximum Gasteiger partial charge on any atom is 0.0361 e. The molecule has 0 radical (unpaired) electrons. The smallest absolute Gasteiger partial charge is 0.0361 e. The molecule has 9 aromatic rings. The van der Waals surface area contributed by atoms with Crippen molar-refractivity contribution in [2.75, 3.05) is 0 Å². The van der Waals surface area contributed by atoms with Crippen LogP contribution in [0.1, 0.15) is 43.2 Å². The lowest BCUT2D eigenvalue weighted by atomic mass is 9.43. The van der Waals surface area contributed by atoms with Gasteiger partial charge >= 0.3 is 0 Å². The largest absolute Gasteiger partial charge is 0.135 e. The molecule has 0 amide bonds. The monoisotopic (exact) mass is 746 g/mol. The summed E-state index contributed by atoms with van der Waals surface area (Å²) in [6, 6.07) is 65.0. The standard InChI is InChI=1S/C56H42S/c1-2-10-36(11-3-1)40-29-41(31-42(30-40)46-16-8-13-37-12-4-5-14-45(37)46)38-21-23-51-50(32-38)48-22-20-39(47-17-9-19-54-55(47)49-15-6-7-18-53(49)57-54)33-52(48)56(51)43-25-34-24-35(27-43)28-44(56)26-34/h1-23,29-35,43-44H,24-28H2. The minimum Gasteiger partial charge on any atom is -0.135 e. The number of benzene rings is 8. The Bertz CT molecular complexity index is 3060. The van der Waals surface area contributed by atoms with Crippen LogP contribution in [0.2, 0.25) is 0 Å². The summed E-state index contributed by atoms with van der Waals surface area (Å²) in [5.41, 5.74) is 16.7. The lowest BCUT2D eigenvalue weighted by molar-refractivity contribution is -0.0399. The third-order valence-corrected chi connectivity index (χ3v) is 16.0. The van der Waals surface area contributed by atoms with E-state index < -0.39 is 0 Å². The van der Waals surface area contributed by atoms with E-state index in [0.717, 1.165) is 11.8 Å². The molecule has 0 saturated heterocycles. The van der Waals surface area contributed by atoms with Crippen LogP contribution in [0.4, 0.5) is 0 Å². The van der Waals surface area contributed by atoms with Gasteiger partial charge in [-0.2, -0.15) is 0 Å². The molecule has 0 aliphatic heterocycles. The van der Waals surface area contributed by atoms with Crippen LogP contribution in [0.25, 0.3) is 86.6 Å². The molecule has 0 nitrogen and oxygen atoms in total. The molecule has 272 valence electrons. The Morgan fingerprint density at radius 3 is 1.86 bits per heavy atom. The Morgan fingerprint density at radius 1 is 0.368 bits per heavy atom. The van der Waals surface area contributed by atoms with Gasteiger partial charge in [0.15, 0.2) is 0 Å². The van der Waals surface area contributed by atoms with E-state index in [-0.39, 0.29) is 5.41 Å². The van der Waals surface area contributed by atoms with Gasteiger partial charge in [-0.25, -0.2) is 0 Å². The molecule has 1 heteroatoms. The summed E-state index contributed by atoms with van der Waals surface area (Å²) in [7, 11) is 0. The van der Waals surface area contributed by atoms with Crippen molar-refractivity contribution in [3.8, 4) is 55.6 Å². The van der Waals surface area contributed by atoms with E-state index >= 15 is 0 Å². The molecule has 8 aromatic carbocycles. The molecule has 4 saturated carbocycles. The van der Waals surface area contributed by atoms with Gasteiger partial charge in [0.1, 0.15) is 0 Å². The zero-order chi connectivity index (χ0) is 37.2. The molecule has 5 aliphatic rings. The fourth-order valence-corrected chi connectivity index (χ4v) is 13.9. The first kappa shape index (κ1) is 32.3. The SMILES string of the molecule is c1ccc(-c2cc(-c3ccc4c(c3)-c3ccc(-c5cccc6sc7ccccc7c56)cc3C43C4CC5CC(C4)CC3C5)cc(-c3cccc4ccccc34)c2)cc1. The van der Waals surface area contributed by atoms with Crippen molar-refractivity contribution in [2.24, 2.45) is 23.7 Å². The third kappa shape index (κ3) is 4.67. The Kier molecular flexibility index (Phi) is 6.88. The second-order valence-corrected chi connectivity index (χ2v) is 18.7. The lowest BCUT2D eigenvalue weighted by Gasteiger charge is -2.61. The van der Waals surface area contributed by atoms with E-state index in [4.69, 9.17) is 0 Å². The van der Waals surface area contributed by atoms with Crippen LogP contribution < -0.4 is 0 Å². The highest BCUT2D eigenvalue weighted by atomic mass is 32.1. The zero-order valence-corrected chi connectivity index (χ0v) is 32.7. The van der Waals surface area contributed by atoms with Crippen molar-refractivity contribution in [3.05, 3.63) is 181 Å². The van der Waals surface area contributed by atoms with E-state index in [1.807, 2.05) is 11.3 Å². The Balaban J connectivity index is 1.02. The van der Waals surface area contributed by atoms with E-state index in [2.05, 4.69) is 170 Å². The highest BCUT2D eigenvalue weighted by molar-refractivity contribution is 7.25. The summed E-state index contributed by atoms with van der Waals surface area (Å²) in [4.78, 5) is 0. The quantitative estimate of drug-likeness (QED) is 0.168. The molecular formula is C56H42S. The van der Waals surface area contributed by atoms with Crippen molar-refractivity contribution in [1.29, 1.82) is 0 Å². The Morgan fingerprint density at radius 2 is 1.02 bits per heavy atom. The van der Waals surface area contributed by atoms with Gasteiger partial charge in [-0.15, -0.1) is 11.3 Å². The topological polar surface area (TPSA) is 0 Å². The molecule has 57 heavy (non-hydrogen) atoms. The molecule has 1 aromatic heterocycles. The maximum atomic E-state index is 2.67. The maximum absolute atomic E-state index is 2.67. The normalized spacial score (nSPS) is 22.8. The van der Waals surface area contributed by atoms with Gasteiger partial charge < -0.3 is 0 Å². The second-order valence-electron chi connectivity index (χ2n) is 17.7. The highest BCUT2D eigenvalue weighted by Gasteiger charge is 2.61. The average molecular weight is 747 g/mol. The predicted molar refractivity (Wildman–Crippen MR) is 242 cm³/mol. The van der Waals surface area contributed by atoms with E-state index in [1.165, 1.54) is 119 Å². The fraction of sp³-hybridized carbons (Fsp3) is 0.179. The Hall–Kier alpha value is -5.76. The molecule has 0 atom stereocenters. The van der Waals surface area contributed by atoms with Gasteiger partial charge in [0.2, 0.25) is 0 Å². The number of hydrogen-bond donors (Lipinski definition) is 0. The van der Waals surface area contributed by atoms with Gasteiger partial charge in [0.25, 0.3) is 0 Å². The zero-order valence-electron chi connectivity index (χ0n) is 31.9. The first-order valence-electron chi connectivity index (χ1n) is 21.1. The van der Waals surface area contributed by atoms with Gasteiger partial charge in [-0.05, 0) is 176 Å². The van der Waals surface area contributed by atoms with Crippen molar-refractivity contribution in [3.63, 3.8) is 0 Å². The predicted octanol–water partition coefficient (Wildman–Crippen LogP) is 15.6. The number of rotatable bonds is 4. The lowest BCUT2D eigenvalue weighted by Crippen LogP contribution is -2.55. The van der Waals surface area contributed by atoms with Crippen LogP contribution in [0.5, 0.6) is 0 Å². The molecule has 4 fully saturated rings. The van der Waals surface area contributed by atoms with Crippen LogP contribution in [0.15, 0.2) is 170 Å². The Labute approximate surface area is 338 Å². The molecule has 14 rings (SSSR count). The van der Waals surface area contributed by atoms with Crippen molar-refractivity contribution >= 4 is 42.3 Å². The van der Waals surface area contributed by atoms with Crippen LogP contribution in [0.3, 0.4) is 0 Å². The van der Waals surface area contributed by atoms with E-state index in [0.29, 0.717) is 11.8 Å². The van der Waals surface area contributed by atoms with Crippen LogP contribution >= 0.6 is 11.3 Å². The second kappa shape index (κ2) is 12.1. The minimum absolute atomic E-state index is 0.0945. The number of hydrogen-bond acceptors (Lipinski definition) is 1. The number of thiophene rings is 1. The van der Waals surface area contributed by atoms with Gasteiger partial charge in [0, 0.05) is 25.6 Å². The molecule has 0 N–H and O–H groups in total. The molecule has 1 heterocycles. The third-order valence-electron chi connectivity index (χ3n) is 14.8. The van der Waals surface area contributed by atoms with Crippen LogP contribution in [-0.2, 0) is 5.41 Å². The van der Waals surface area contributed by atoms with Crippen molar-refractivity contribution < 1.29 is 0 Å². The molecule has 0 unspecified atom stereocenters. The molecule has 5 aliphatic carbocycles. The molecule has 1 spiro atoms. The summed E-state index contributed by atoms with van der Waals surface area (Å²) >= 11 is 1.92. The van der Waals surface area contributed by atoms with Crippen LogP contribution in [-0.4, -0.2) is 0 Å². The summed E-state index contributed by atoms with van der Waals surface area (Å²) in [5.74, 6) is 3.25. The summed E-state index contributed by atoms with van der Waals surface area (Å²) in [5, 5.41) is 5.37. The van der Waals surface area contributed by atoms with Gasteiger partial charge in [-0.1, -0.05) is 127 Å². The fourth-order valence-electron chi connectivity index (χ4n) is 12.8. The highest BCUT2D eigenvalue weighted by Crippen LogP contribution is 2.69. The van der Waals surface area contributed by atoms with Crippen molar-refractivity contribution in [2.45, 2.75) is 37.5 Å². The van der Waals surface area contributed by atoms with Crippen molar-refractivity contribution in [1.82, 2.24) is 0 Å². The first-order valence-corrected chi connectivity index (χ1v) is 21.9. The summed E-state index contributed by atoms with van der Waals surface area (Å²) in [6.07, 6.45) is 7.00. The summed E-state index contributed by atoms with van der Waals surface area (Å²) < 4.78 is 2.76. The first-order chi connectivity index (χ1) is 28.2. The molecule has 4 bridgehead atoms. The molecular weight excluding hydrogens is 705 g/mol. The van der Waals surface area contributed by atoms with Gasteiger partial charge in [0.05, 0.1) is 0 Å². The average Bonchev–Trinajstić information content (AvgIpc) is 3.78. The van der Waals surface area contributed by atoms with Crippen LogP contribution in [0, 0.1) is 23.7 Å².